The van der Waals surface area contributed by atoms with Gasteiger partial charge in [0.05, 0.1) is 12.6 Å². The summed E-state index contributed by atoms with van der Waals surface area (Å²) in [6.07, 6.45) is 3.52. The van der Waals surface area contributed by atoms with Crippen LogP contribution in [0.5, 0.6) is 0 Å². The molecule has 5 heteroatoms. The second kappa shape index (κ2) is 7.32. The SMILES string of the molecule is O=C(NC(CCCO)c1ccccc1)N1CCC2(CCOC2)C1. The van der Waals surface area contributed by atoms with Crippen LogP contribution in [-0.2, 0) is 4.74 Å². The molecular weight excluding hydrogens is 292 g/mol. The highest BCUT2D eigenvalue weighted by atomic mass is 16.5. The lowest BCUT2D eigenvalue weighted by atomic mass is 9.87. The van der Waals surface area contributed by atoms with Gasteiger partial charge in [-0.2, -0.15) is 0 Å². The summed E-state index contributed by atoms with van der Waals surface area (Å²) in [5.41, 5.74) is 1.28. The number of carbonyl (C=O) groups is 1. The van der Waals surface area contributed by atoms with Gasteiger partial charge in [-0.1, -0.05) is 30.3 Å². The van der Waals surface area contributed by atoms with Crippen LogP contribution in [0.3, 0.4) is 0 Å². The summed E-state index contributed by atoms with van der Waals surface area (Å²) < 4.78 is 5.53. The zero-order valence-corrected chi connectivity index (χ0v) is 13.5. The fraction of sp³-hybridized carbons (Fsp3) is 0.611. The van der Waals surface area contributed by atoms with Crippen molar-refractivity contribution in [2.75, 3.05) is 32.9 Å². The minimum absolute atomic E-state index is 0.000526. The number of urea groups is 1. The Morgan fingerprint density at radius 1 is 1.35 bits per heavy atom. The number of carbonyl (C=O) groups excluding carboxylic acids is 1. The zero-order chi connectivity index (χ0) is 16.1. The average Bonchev–Trinajstić information content (AvgIpc) is 3.22. The fourth-order valence-electron chi connectivity index (χ4n) is 3.62. The van der Waals surface area contributed by atoms with Crippen molar-refractivity contribution in [2.45, 2.75) is 31.7 Å². The summed E-state index contributed by atoms with van der Waals surface area (Å²) >= 11 is 0. The molecule has 23 heavy (non-hydrogen) atoms. The second-order valence-electron chi connectivity index (χ2n) is 6.75. The van der Waals surface area contributed by atoms with Crippen molar-refractivity contribution in [3.63, 3.8) is 0 Å². The number of ether oxygens (including phenoxy) is 1. The van der Waals surface area contributed by atoms with Gasteiger partial charge in [0.1, 0.15) is 0 Å². The van der Waals surface area contributed by atoms with E-state index in [4.69, 9.17) is 9.84 Å². The summed E-state index contributed by atoms with van der Waals surface area (Å²) in [4.78, 5) is 14.6. The number of nitrogens with one attached hydrogen (secondary N) is 1. The molecular formula is C18H26N2O3. The molecule has 2 fully saturated rings. The minimum Gasteiger partial charge on any atom is -0.396 e. The Balaban J connectivity index is 1.62. The lowest BCUT2D eigenvalue weighted by Gasteiger charge is -2.25. The number of nitrogens with zero attached hydrogens (tertiary/aromatic N) is 1. The van der Waals surface area contributed by atoms with E-state index < -0.39 is 0 Å². The highest BCUT2D eigenvalue weighted by molar-refractivity contribution is 5.75. The van der Waals surface area contributed by atoms with E-state index in [9.17, 15) is 4.79 Å². The van der Waals surface area contributed by atoms with E-state index in [0.29, 0.717) is 6.42 Å². The topological polar surface area (TPSA) is 61.8 Å². The van der Waals surface area contributed by atoms with Crippen LogP contribution in [0.1, 0.15) is 37.3 Å². The number of amides is 2. The smallest absolute Gasteiger partial charge is 0.317 e. The van der Waals surface area contributed by atoms with Crippen molar-refractivity contribution in [3.8, 4) is 0 Å². The molecule has 2 amide bonds. The molecule has 2 aliphatic rings. The standard InChI is InChI=1S/C18H26N2O3/c21-11-4-7-16(15-5-2-1-3-6-15)19-17(22)20-10-8-18(13-20)9-12-23-14-18/h1-3,5-6,16,21H,4,7-14H2,(H,19,22). The van der Waals surface area contributed by atoms with Crippen molar-refractivity contribution in [1.29, 1.82) is 0 Å². The molecule has 5 nitrogen and oxygen atoms in total. The first-order chi connectivity index (χ1) is 11.2. The summed E-state index contributed by atoms with van der Waals surface area (Å²) in [5.74, 6) is 0. The summed E-state index contributed by atoms with van der Waals surface area (Å²) in [6.45, 7) is 3.34. The highest BCUT2D eigenvalue weighted by Gasteiger charge is 2.42. The normalized spacial score (nSPS) is 25.0. The number of hydrogen-bond donors (Lipinski definition) is 2. The first-order valence-corrected chi connectivity index (χ1v) is 8.51. The molecule has 0 aliphatic carbocycles. The van der Waals surface area contributed by atoms with Gasteiger partial charge < -0.3 is 20.1 Å². The van der Waals surface area contributed by atoms with Gasteiger partial charge in [0.15, 0.2) is 0 Å². The molecule has 0 aromatic heterocycles. The van der Waals surface area contributed by atoms with Gasteiger partial charge in [-0.05, 0) is 31.2 Å². The van der Waals surface area contributed by atoms with Crippen LogP contribution in [-0.4, -0.2) is 48.9 Å². The number of benzene rings is 1. The third kappa shape index (κ3) is 3.85. The lowest BCUT2D eigenvalue weighted by molar-refractivity contribution is 0.152. The molecule has 2 unspecified atom stereocenters. The largest absolute Gasteiger partial charge is 0.396 e. The van der Waals surface area contributed by atoms with Crippen LogP contribution in [0.25, 0.3) is 0 Å². The number of rotatable bonds is 5. The van der Waals surface area contributed by atoms with E-state index in [-0.39, 0.29) is 24.1 Å². The third-order valence-corrected chi connectivity index (χ3v) is 5.06. The van der Waals surface area contributed by atoms with Crippen LogP contribution in [0.2, 0.25) is 0 Å². The van der Waals surface area contributed by atoms with Gasteiger partial charge in [-0.25, -0.2) is 4.79 Å². The van der Waals surface area contributed by atoms with Gasteiger partial charge in [0.2, 0.25) is 0 Å². The van der Waals surface area contributed by atoms with Crippen LogP contribution < -0.4 is 5.32 Å². The van der Waals surface area contributed by atoms with Crippen LogP contribution >= 0.6 is 0 Å². The molecule has 0 saturated carbocycles. The zero-order valence-electron chi connectivity index (χ0n) is 13.5. The van der Waals surface area contributed by atoms with Crippen molar-refractivity contribution in [3.05, 3.63) is 35.9 Å². The summed E-state index contributed by atoms with van der Waals surface area (Å²) in [7, 11) is 0. The van der Waals surface area contributed by atoms with Gasteiger partial charge in [-0.15, -0.1) is 0 Å². The Bertz CT molecular complexity index is 514. The van der Waals surface area contributed by atoms with E-state index in [2.05, 4.69) is 5.32 Å². The monoisotopic (exact) mass is 318 g/mol. The molecule has 0 radical (unpaired) electrons. The van der Waals surface area contributed by atoms with Gasteiger partial charge >= 0.3 is 6.03 Å². The predicted octanol–water partition coefficient (Wildman–Crippen LogP) is 2.32. The van der Waals surface area contributed by atoms with E-state index >= 15 is 0 Å². The maximum absolute atomic E-state index is 12.6. The maximum Gasteiger partial charge on any atom is 0.317 e. The van der Waals surface area contributed by atoms with Gasteiger partial charge in [-0.3, -0.25) is 0 Å². The van der Waals surface area contributed by atoms with Crippen LogP contribution in [0, 0.1) is 5.41 Å². The van der Waals surface area contributed by atoms with Gasteiger partial charge in [0, 0.05) is 31.7 Å². The Morgan fingerprint density at radius 2 is 2.17 bits per heavy atom. The molecule has 3 rings (SSSR count). The third-order valence-electron chi connectivity index (χ3n) is 5.06. The Morgan fingerprint density at radius 3 is 2.87 bits per heavy atom. The molecule has 126 valence electrons. The van der Waals surface area contributed by atoms with E-state index in [1.54, 1.807) is 0 Å². The maximum atomic E-state index is 12.6. The number of aliphatic hydroxyl groups is 1. The molecule has 2 saturated heterocycles. The van der Waals surface area contributed by atoms with Crippen molar-refractivity contribution in [1.82, 2.24) is 10.2 Å². The number of aliphatic hydroxyl groups excluding tert-OH is 1. The van der Waals surface area contributed by atoms with E-state index in [1.807, 2.05) is 35.2 Å². The van der Waals surface area contributed by atoms with E-state index in [1.165, 1.54) is 0 Å². The molecule has 2 atom stereocenters. The predicted molar refractivity (Wildman–Crippen MR) is 88.1 cm³/mol. The van der Waals surface area contributed by atoms with Crippen LogP contribution in [0.4, 0.5) is 4.79 Å². The quantitative estimate of drug-likeness (QED) is 0.876. The Hall–Kier alpha value is -1.59. The molecule has 1 aromatic carbocycles. The van der Waals surface area contributed by atoms with Crippen LogP contribution in [0.15, 0.2) is 30.3 Å². The van der Waals surface area contributed by atoms with Crippen molar-refractivity contribution < 1.29 is 14.6 Å². The first kappa shape index (κ1) is 16.3. The molecule has 2 heterocycles. The Labute approximate surface area is 137 Å². The summed E-state index contributed by atoms with van der Waals surface area (Å²) in [5, 5.41) is 12.3. The average molecular weight is 318 g/mol. The molecule has 2 N–H and O–H groups in total. The molecule has 1 spiro atoms. The summed E-state index contributed by atoms with van der Waals surface area (Å²) in [6, 6.07) is 9.94. The first-order valence-electron chi connectivity index (χ1n) is 8.51. The van der Waals surface area contributed by atoms with E-state index in [0.717, 1.165) is 51.1 Å². The van der Waals surface area contributed by atoms with Gasteiger partial charge in [0.25, 0.3) is 0 Å². The minimum atomic E-state index is -0.0489. The number of likely N-dealkylation sites (tertiary alicyclic amines) is 1. The highest BCUT2D eigenvalue weighted by Crippen LogP contribution is 2.38. The fourth-order valence-corrected chi connectivity index (χ4v) is 3.62. The molecule has 2 aliphatic heterocycles. The van der Waals surface area contributed by atoms with Crippen molar-refractivity contribution in [2.24, 2.45) is 5.41 Å². The molecule has 0 bridgehead atoms. The number of hydrogen-bond acceptors (Lipinski definition) is 3. The lowest BCUT2D eigenvalue weighted by Crippen LogP contribution is -2.41. The van der Waals surface area contributed by atoms with Crippen molar-refractivity contribution >= 4 is 6.03 Å². The Kier molecular flexibility index (Phi) is 5.18. The molecule has 1 aromatic rings. The second-order valence-corrected chi connectivity index (χ2v) is 6.75.